The summed E-state index contributed by atoms with van der Waals surface area (Å²) < 4.78 is 8.98. The first-order chi connectivity index (χ1) is 12.7. The van der Waals surface area contributed by atoms with E-state index in [2.05, 4.69) is 23.2 Å². The lowest BCUT2D eigenvalue weighted by molar-refractivity contribution is 0.172. The number of rotatable bonds is 4. The molecule has 6 nitrogen and oxygen atoms in total. The number of fused-ring (bicyclic) bond motifs is 2. The summed E-state index contributed by atoms with van der Waals surface area (Å²) in [6, 6.07) is 8.16. The number of ether oxygens (including phenoxy) is 1. The standard InChI is InChI=1S/C20H23N3O3/c24-19-17-7-5-13-22(17)20(25)23(19)12-4-3-11-21-14-16-10-9-15-6-1-2-8-18(15)26-16/h1-2,6,8,16,21,24H,5,7,9-14H2. The number of aromatic hydroxyl groups is 1. The highest BCUT2D eigenvalue weighted by Gasteiger charge is 2.22. The summed E-state index contributed by atoms with van der Waals surface area (Å²) in [4.78, 5) is 12.2. The molecule has 26 heavy (non-hydrogen) atoms. The molecule has 2 aliphatic heterocycles. The molecule has 1 atom stereocenters. The van der Waals surface area contributed by atoms with Crippen LogP contribution in [0.3, 0.4) is 0 Å². The Morgan fingerprint density at radius 2 is 2.15 bits per heavy atom. The summed E-state index contributed by atoms with van der Waals surface area (Å²) in [7, 11) is 0. The molecule has 0 spiro atoms. The molecule has 136 valence electrons. The average molecular weight is 353 g/mol. The van der Waals surface area contributed by atoms with E-state index >= 15 is 0 Å². The maximum Gasteiger partial charge on any atom is 0.332 e. The third kappa shape index (κ3) is 3.23. The summed E-state index contributed by atoms with van der Waals surface area (Å²) >= 11 is 0. The van der Waals surface area contributed by atoms with E-state index in [0.29, 0.717) is 13.1 Å². The van der Waals surface area contributed by atoms with Gasteiger partial charge in [0.05, 0.1) is 18.8 Å². The van der Waals surface area contributed by atoms with Gasteiger partial charge in [0.15, 0.2) is 0 Å². The number of aromatic nitrogens is 2. The molecule has 6 heteroatoms. The van der Waals surface area contributed by atoms with Gasteiger partial charge in [0, 0.05) is 13.1 Å². The number of hydrogen-bond donors (Lipinski definition) is 2. The Morgan fingerprint density at radius 3 is 3.04 bits per heavy atom. The number of benzene rings is 1. The molecule has 0 fully saturated rings. The van der Waals surface area contributed by atoms with Gasteiger partial charge in [0.2, 0.25) is 5.88 Å². The van der Waals surface area contributed by atoms with Crippen LogP contribution in [0.2, 0.25) is 0 Å². The smallest absolute Gasteiger partial charge is 0.332 e. The van der Waals surface area contributed by atoms with Crippen molar-refractivity contribution in [2.24, 2.45) is 0 Å². The number of nitrogens with one attached hydrogen (secondary N) is 1. The SMILES string of the molecule is O=c1n(CC#CCNCC2CCc3ccccc3O2)c(O)c2n1CCC2. The first-order valence-electron chi connectivity index (χ1n) is 9.16. The Kier molecular flexibility index (Phi) is 4.72. The van der Waals surface area contributed by atoms with Crippen molar-refractivity contribution < 1.29 is 9.84 Å². The van der Waals surface area contributed by atoms with Gasteiger partial charge >= 0.3 is 5.69 Å². The highest BCUT2D eigenvalue weighted by molar-refractivity contribution is 5.35. The third-order valence-corrected chi connectivity index (χ3v) is 5.05. The topological polar surface area (TPSA) is 68.4 Å². The summed E-state index contributed by atoms with van der Waals surface area (Å²) in [5, 5.41) is 13.4. The minimum Gasteiger partial charge on any atom is -0.493 e. The minimum atomic E-state index is -0.161. The van der Waals surface area contributed by atoms with Crippen molar-refractivity contribution in [2.75, 3.05) is 13.1 Å². The monoisotopic (exact) mass is 353 g/mol. The van der Waals surface area contributed by atoms with Gasteiger partial charge in [-0.2, -0.15) is 0 Å². The summed E-state index contributed by atoms with van der Waals surface area (Å²) in [6.07, 6.45) is 3.87. The second-order valence-corrected chi connectivity index (χ2v) is 6.76. The van der Waals surface area contributed by atoms with Gasteiger partial charge in [-0.15, -0.1) is 0 Å². The van der Waals surface area contributed by atoms with Crippen LogP contribution in [-0.4, -0.2) is 33.4 Å². The van der Waals surface area contributed by atoms with Crippen LogP contribution in [0.5, 0.6) is 11.6 Å². The highest BCUT2D eigenvalue weighted by atomic mass is 16.5. The lowest BCUT2D eigenvalue weighted by Gasteiger charge is -2.26. The fourth-order valence-electron chi connectivity index (χ4n) is 3.67. The van der Waals surface area contributed by atoms with Crippen LogP contribution in [0.1, 0.15) is 24.1 Å². The largest absolute Gasteiger partial charge is 0.493 e. The van der Waals surface area contributed by atoms with Gasteiger partial charge in [-0.25, -0.2) is 4.79 Å². The van der Waals surface area contributed by atoms with Crippen molar-refractivity contribution >= 4 is 0 Å². The predicted molar refractivity (Wildman–Crippen MR) is 98.5 cm³/mol. The Bertz CT molecular complexity index is 917. The zero-order valence-electron chi connectivity index (χ0n) is 14.7. The maximum absolute atomic E-state index is 12.2. The van der Waals surface area contributed by atoms with E-state index in [0.717, 1.165) is 43.7 Å². The van der Waals surface area contributed by atoms with Crippen LogP contribution in [0.25, 0.3) is 0 Å². The molecule has 1 aromatic heterocycles. The Balaban J connectivity index is 1.25. The number of para-hydroxylation sites is 1. The first-order valence-corrected chi connectivity index (χ1v) is 9.16. The van der Waals surface area contributed by atoms with Gasteiger partial charge in [0.1, 0.15) is 11.9 Å². The van der Waals surface area contributed by atoms with Crippen LogP contribution in [0, 0.1) is 11.8 Å². The van der Waals surface area contributed by atoms with Crippen molar-refractivity contribution in [3.8, 4) is 23.5 Å². The van der Waals surface area contributed by atoms with Crippen molar-refractivity contribution in [1.82, 2.24) is 14.5 Å². The summed E-state index contributed by atoms with van der Waals surface area (Å²) in [6.45, 7) is 2.19. The second kappa shape index (κ2) is 7.30. The van der Waals surface area contributed by atoms with Gasteiger partial charge in [0.25, 0.3) is 0 Å². The van der Waals surface area contributed by atoms with Crippen LogP contribution < -0.4 is 15.7 Å². The molecule has 0 saturated heterocycles. The van der Waals surface area contributed by atoms with Crippen LogP contribution >= 0.6 is 0 Å². The fraction of sp³-hybridized carbons (Fsp3) is 0.450. The first kappa shape index (κ1) is 16.8. The van der Waals surface area contributed by atoms with Crippen LogP contribution in [0.15, 0.2) is 29.1 Å². The fourth-order valence-corrected chi connectivity index (χ4v) is 3.67. The van der Waals surface area contributed by atoms with E-state index in [4.69, 9.17) is 4.74 Å². The summed E-state index contributed by atoms with van der Waals surface area (Å²) in [5.41, 5.74) is 1.85. The van der Waals surface area contributed by atoms with E-state index in [9.17, 15) is 9.90 Å². The van der Waals surface area contributed by atoms with Gasteiger partial charge < -0.3 is 15.2 Å². The molecule has 2 aromatic rings. The quantitative estimate of drug-likeness (QED) is 0.642. The Labute approximate surface area is 152 Å². The molecule has 0 radical (unpaired) electrons. The lowest BCUT2D eigenvalue weighted by Crippen LogP contribution is -2.34. The molecule has 1 unspecified atom stereocenters. The van der Waals surface area contributed by atoms with Crippen molar-refractivity contribution in [3.05, 3.63) is 46.0 Å². The van der Waals surface area contributed by atoms with Crippen molar-refractivity contribution in [3.63, 3.8) is 0 Å². The number of imidazole rings is 1. The van der Waals surface area contributed by atoms with E-state index in [1.54, 1.807) is 4.57 Å². The molecular weight excluding hydrogens is 330 g/mol. The highest BCUT2D eigenvalue weighted by Crippen LogP contribution is 2.26. The third-order valence-electron chi connectivity index (χ3n) is 5.05. The minimum absolute atomic E-state index is 0.0732. The normalized spacial score (nSPS) is 17.8. The number of aryl methyl sites for hydroxylation is 1. The average Bonchev–Trinajstić information content (AvgIpc) is 3.23. The lowest BCUT2D eigenvalue weighted by atomic mass is 10.0. The predicted octanol–water partition coefficient (Wildman–Crippen LogP) is 1.29. The second-order valence-electron chi connectivity index (χ2n) is 6.76. The van der Waals surface area contributed by atoms with E-state index in [1.807, 2.05) is 18.2 Å². The van der Waals surface area contributed by atoms with Crippen molar-refractivity contribution in [2.45, 2.75) is 44.9 Å². The molecule has 2 aliphatic rings. The molecule has 0 saturated carbocycles. The summed E-state index contributed by atoms with van der Waals surface area (Å²) in [5.74, 6) is 7.03. The molecule has 0 aliphatic carbocycles. The Morgan fingerprint density at radius 1 is 1.27 bits per heavy atom. The molecule has 0 bridgehead atoms. The zero-order valence-corrected chi connectivity index (χ0v) is 14.7. The molecular formula is C20H23N3O3. The van der Waals surface area contributed by atoms with E-state index in [1.165, 1.54) is 10.1 Å². The molecule has 0 amide bonds. The van der Waals surface area contributed by atoms with Gasteiger partial charge in [-0.3, -0.25) is 9.13 Å². The van der Waals surface area contributed by atoms with Crippen LogP contribution in [-0.2, 0) is 25.9 Å². The van der Waals surface area contributed by atoms with Crippen LogP contribution in [0.4, 0.5) is 0 Å². The maximum atomic E-state index is 12.2. The zero-order chi connectivity index (χ0) is 17.9. The Hall–Kier alpha value is -2.65. The van der Waals surface area contributed by atoms with E-state index < -0.39 is 0 Å². The number of nitrogens with zero attached hydrogens (tertiary/aromatic N) is 2. The molecule has 4 rings (SSSR count). The van der Waals surface area contributed by atoms with Crippen molar-refractivity contribution in [1.29, 1.82) is 0 Å². The molecule has 2 N–H and O–H groups in total. The van der Waals surface area contributed by atoms with Gasteiger partial charge in [-0.05, 0) is 37.3 Å². The van der Waals surface area contributed by atoms with Gasteiger partial charge in [-0.1, -0.05) is 30.0 Å². The van der Waals surface area contributed by atoms with E-state index in [-0.39, 0.29) is 24.2 Å². The number of hydrogen-bond acceptors (Lipinski definition) is 4. The molecule has 1 aromatic carbocycles. The molecule has 3 heterocycles.